The fraction of sp³-hybridized carbons (Fsp3) is 0.533. The average Bonchev–Trinajstić information content (AvgIpc) is 2.83. The molecule has 7 nitrogen and oxygen atoms in total. The van der Waals surface area contributed by atoms with E-state index in [1.165, 1.54) is 31.2 Å². The van der Waals surface area contributed by atoms with Gasteiger partial charge in [0.1, 0.15) is 0 Å². The van der Waals surface area contributed by atoms with E-state index in [9.17, 15) is 21.6 Å². The molecule has 0 radical (unpaired) electrons. The molecule has 1 atom stereocenters. The lowest BCUT2D eigenvalue weighted by atomic mass is 10.0. The van der Waals surface area contributed by atoms with E-state index in [-0.39, 0.29) is 34.8 Å². The molecule has 1 aliphatic rings. The van der Waals surface area contributed by atoms with Gasteiger partial charge in [-0.2, -0.15) is 0 Å². The van der Waals surface area contributed by atoms with E-state index in [0.29, 0.717) is 24.9 Å². The molecule has 0 bridgehead atoms. The zero-order valence-electron chi connectivity index (χ0n) is 13.5. The van der Waals surface area contributed by atoms with Crippen molar-refractivity contribution in [3.05, 3.63) is 24.3 Å². The lowest BCUT2D eigenvalue weighted by molar-refractivity contribution is -0.114. The topological polar surface area (TPSA) is 109 Å². The molecule has 9 heteroatoms. The number of hydrogen-bond donors (Lipinski definition) is 2. The van der Waals surface area contributed by atoms with Crippen LogP contribution in [-0.4, -0.2) is 40.8 Å². The van der Waals surface area contributed by atoms with Crippen molar-refractivity contribution < 1.29 is 21.6 Å². The van der Waals surface area contributed by atoms with Gasteiger partial charge in [0.2, 0.25) is 15.9 Å². The molecule has 1 aromatic carbocycles. The predicted octanol–water partition coefficient (Wildman–Crippen LogP) is 1.14. The molecule has 134 valence electrons. The van der Waals surface area contributed by atoms with Gasteiger partial charge in [0.05, 0.1) is 16.4 Å². The van der Waals surface area contributed by atoms with Crippen molar-refractivity contribution >= 4 is 31.5 Å². The van der Waals surface area contributed by atoms with Crippen molar-refractivity contribution in [3.63, 3.8) is 0 Å². The van der Waals surface area contributed by atoms with Gasteiger partial charge in [0, 0.05) is 19.2 Å². The Morgan fingerprint density at radius 1 is 1.25 bits per heavy atom. The van der Waals surface area contributed by atoms with Crippen LogP contribution in [-0.2, 0) is 24.7 Å². The third-order valence-electron chi connectivity index (χ3n) is 3.89. The molecule has 1 unspecified atom stereocenters. The summed E-state index contributed by atoms with van der Waals surface area (Å²) in [5.41, 5.74) is 0.531. The first-order valence-corrected chi connectivity index (χ1v) is 11.1. The predicted molar refractivity (Wildman–Crippen MR) is 91.9 cm³/mol. The molecule has 1 amide bonds. The third-order valence-corrected chi connectivity index (χ3v) is 7.21. The number of rotatable bonds is 7. The van der Waals surface area contributed by atoms with Crippen LogP contribution >= 0.6 is 0 Å². The maximum Gasteiger partial charge on any atom is 0.240 e. The van der Waals surface area contributed by atoms with E-state index in [0.717, 1.165) is 0 Å². The summed E-state index contributed by atoms with van der Waals surface area (Å²) in [6.45, 7) is 1.65. The van der Waals surface area contributed by atoms with Gasteiger partial charge in [0.15, 0.2) is 9.84 Å². The van der Waals surface area contributed by atoms with Gasteiger partial charge in [-0.25, -0.2) is 21.6 Å². The fourth-order valence-corrected chi connectivity index (χ4v) is 5.69. The van der Waals surface area contributed by atoms with Crippen molar-refractivity contribution in [1.29, 1.82) is 0 Å². The summed E-state index contributed by atoms with van der Waals surface area (Å²) in [6, 6.07) is 5.91. The summed E-state index contributed by atoms with van der Waals surface area (Å²) in [6.07, 6.45) is 1.96. The Morgan fingerprint density at radius 3 is 2.46 bits per heavy atom. The zero-order valence-corrected chi connectivity index (χ0v) is 15.1. The molecule has 1 aliphatic heterocycles. The lowest BCUT2D eigenvalue weighted by Gasteiger charge is -2.10. The fourth-order valence-electron chi connectivity index (χ4n) is 2.70. The van der Waals surface area contributed by atoms with Crippen molar-refractivity contribution in [2.45, 2.75) is 31.1 Å². The van der Waals surface area contributed by atoms with E-state index in [1.54, 1.807) is 0 Å². The highest BCUT2D eigenvalue weighted by Crippen LogP contribution is 2.22. The molecule has 0 aliphatic carbocycles. The summed E-state index contributed by atoms with van der Waals surface area (Å²) in [4.78, 5) is 11.1. The van der Waals surface area contributed by atoms with Crippen LogP contribution in [0.4, 0.5) is 5.69 Å². The Morgan fingerprint density at radius 2 is 1.92 bits per heavy atom. The molecular formula is C15H22N2O5S2. The maximum atomic E-state index is 12.2. The lowest BCUT2D eigenvalue weighted by Crippen LogP contribution is -2.25. The monoisotopic (exact) mass is 374 g/mol. The number of carbonyl (C=O) groups excluding carboxylic acids is 1. The van der Waals surface area contributed by atoms with Crippen LogP contribution in [0.5, 0.6) is 0 Å². The highest BCUT2D eigenvalue weighted by Gasteiger charge is 2.27. The van der Waals surface area contributed by atoms with Gasteiger partial charge >= 0.3 is 0 Å². The number of benzene rings is 1. The van der Waals surface area contributed by atoms with E-state index >= 15 is 0 Å². The number of carbonyl (C=O) groups is 1. The van der Waals surface area contributed by atoms with E-state index in [2.05, 4.69) is 10.0 Å². The third kappa shape index (κ3) is 5.57. The number of sulfone groups is 1. The zero-order chi connectivity index (χ0) is 17.8. The molecule has 1 aromatic rings. The first-order chi connectivity index (χ1) is 11.2. The maximum absolute atomic E-state index is 12.2. The van der Waals surface area contributed by atoms with Gasteiger partial charge in [-0.05, 0) is 49.4 Å². The van der Waals surface area contributed by atoms with Crippen LogP contribution in [0, 0.1) is 5.92 Å². The molecule has 1 heterocycles. The van der Waals surface area contributed by atoms with Crippen LogP contribution in [0.1, 0.15) is 26.2 Å². The van der Waals surface area contributed by atoms with E-state index in [1.807, 2.05) is 0 Å². The van der Waals surface area contributed by atoms with Crippen molar-refractivity contribution in [1.82, 2.24) is 4.72 Å². The SMILES string of the molecule is CC(=O)Nc1ccc(S(=O)(=O)NCCCC2CCS(=O)(=O)C2)cc1. The van der Waals surface area contributed by atoms with E-state index in [4.69, 9.17) is 0 Å². The number of sulfonamides is 1. The smallest absolute Gasteiger partial charge is 0.240 e. The van der Waals surface area contributed by atoms with Gasteiger partial charge < -0.3 is 5.32 Å². The Balaban J connectivity index is 1.82. The van der Waals surface area contributed by atoms with Crippen LogP contribution in [0.15, 0.2) is 29.2 Å². The van der Waals surface area contributed by atoms with Gasteiger partial charge in [-0.1, -0.05) is 0 Å². The first-order valence-electron chi connectivity index (χ1n) is 7.76. The molecular weight excluding hydrogens is 352 g/mol. The minimum absolute atomic E-state index is 0.125. The second kappa shape index (κ2) is 7.62. The van der Waals surface area contributed by atoms with Crippen molar-refractivity contribution in [2.24, 2.45) is 5.92 Å². The first kappa shape index (κ1) is 18.9. The minimum atomic E-state index is -3.61. The molecule has 2 rings (SSSR count). The van der Waals surface area contributed by atoms with Gasteiger partial charge in [-0.15, -0.1) is 0 Å². The summed E-state index contributed by atoms with van der Waals surface area (Å²) in [7, 11) is -6.49. The highest BCUT2D eigenvalue weighted by molar-refractivity contribution is 7.91. The van der Waals surface area contributed by atoms with Crippen LogP contribution in [0.25, 0.3) is 0 Å². The Bertz CT molecular complexity index is 786. The molecule has 1 saturated heterocycles. The van der Waals surface area contributed by atoms with Crippen molar-refractivity contribution in [2.75, 3.05) is 23.4 Å². The summed E-state index contributed by atoms with van der Waals surface area (Å²) >= 11 is 0. The molecule has 1 fully saturated rings. The number of anilines is 1. The minimum Gasteiger partial charge on any atom is -0.326 e. The second-order valence-corrected chi connectivity index (χ2v) is 10.0. The largest absolute Gasteiger partial charge is 0.326 e. The second-order valence-electron chi connectivity index (χ2n) is 6.01. The van der Waals surface area contributed by atoms with Crippen LogP contribution in [0.3, 0.4) is 0 Å². The number of nitrogens with one attached hydrogen (secondary N) is 2. The number of hydrogen-bond acceptors (Lipinski definition) is 5. The Kier molecular flexibility index (Phi) is 6.00. The summed E-state index contributed by atoms with van der Waals surface area (Å²) in [5, 5.41) is 2.57. The Hall–Kier alpha value is -1.45. The van der Waals surface area contributed by atoms with Gasteiger partial charge in [-0.3, -0.25) is 4.79 Å². The molecule has 2 N–H and O–H groups in total. The number of amides is 1. The summed E-state index contributed by atoms with van der Waals surface area (Å²) < 4.78 is 49.6. The standard InChI is InChI=1S/C15H22N2O5S2/c1-12(18)17-14-4-6-15(7-5-14)24(21,22)16-9-2-3-13-8-10-23(19,20)11-13/h4-7,13,16H,2-3,8-11H2,1H3,(H,17,18). The molecule has 0 saturated carbocycles. The van der Waals surface area contributed by atoms with E-state index < -0.39 is 19.9 Å². The summed E-state index contributed by atoms with van der Waals surface area (Å²) in [5.74, 6) is 0.364. The highest BCUT2D eigenvalue weighted by atomic mass is 32.2. The van der Waals surface area contributed by atoms with Gasteiger partial charge in [0.25, 0.3) is 0 Å². The molecule has 0 aromatic heterocycles. The Labute approximate surface area is 142 Å². The normalized spacial score (nSPS) is 20.0. The van der Waals surface area contributed by atoms with Crippen LogP contribution < -0.4 is 10.0 Å². The average molecular weight is 374 g/mol. The molecule has 24 heavy (non-hydrogen) atoms. The van der Waals surface area contributed by atoms with Crippen molar-refractivity contribution in [3.8, 4) is 0 Å². The molecule has 0 spiro atoms. The van der Waals surface area contributed by atoms with Crippen LogP contribution in [0.2, 0.25) is 0 Å². The quantitative estimate of drug-likeness (QED) is 0.696.